The van der Waals surface area contributed by atoms with Crippen LogP contribution in [0.4, 0.5) is 0 Å². The Morgan fingerprint density at radius 1 is 1.19 bits per heavy atom. The van der Waals surface area contributed by atoms with E-state index >= 15 is 0 Å². The second kappa shape index (κ2) is 5.12. The lowest BCUT2D eigenvalue weighted by atomic mass is 9.95. The fraction of sp³-hybridized carbons (Fsp3) is 0.462. The van der Waals surface area contributed by atoms with Crippen molar-refractivity contribution in [2.45, 2.75) is 33.9 Å². The van der Waals surface area contributed by atoms with Gasteiger partial charge in [-0.2, -0.15) is 0 Å². The molecule has 3 heteroatoms. The summed E-state index contributed by atoms with van der Waals surface area (Å²) < 4.78 is 0. The van der Waals surface area contributed by atoms with E-state index in [1.54, 1.807) is 0 Å². The minimum Gasteiger partial charge on any atom is -0.392 e. The van der Waals surface area contributed by atoms with Crippen LogP contribution in [-0.4, -0.2) is 11.0 Å². The zero-order valence-electron chi connectivity index (χ0n) is 10.1. The number of hydrogen-bond acceptors (Lipinski definition) is 2. The van der Waals surface area contributed by atoms with Gasteiger partial charge in [-0.3, -0.25) is 4.79 Å². The first kappa shape index (κ1) is 12.7. The van der Waals surface area contributed by atoms with Crippen LogP contribution < -0.4 is 5.32 Å². The molecule has 1 amide bonds. The summed E-state index contributed by atoms with van der Waals surface area (Å²) in [6.07, 6.45) is 0. The van der Waals surface area contributed by atoms with E-state index < -0.39 is 0 Å². The standard InChI is InChI=1S/C13H19NO2/c1-13(2,3)12(16)14-8-10-4-6-11(9-15)7-5-10/h4-7,15H,8-9H2,1-3H3,(H,14,16). The molecule has 0 aromatic heterocycles. The van der Waals surface area contributed by atoms with E-state index in [2.05, 4.69) is 5.32 Å². The maximum Gasteiger partial charge on any atom is 0.225 e. The van der Waals surface area contributed by atoms with Crippen LogP contribution in [0.1, 0.15) is 31.9 Å². The van der Waals surface area contributed by atoms with Crippen LogP contribution >= 0.6 is 0 Å². The molecular weight excluding hydrogens is 202 g/mol. The molecule has 0 aliphatic heterocycles. The maximum absolute atomic E-state index is 11.6. The number of hydrogen-bond donors (Lipinski definition) is 2. The second-order valence-electron chi connectivity index (χ2n) is 4.91. The van der Waals surface area contributed by atoms with E-state index in [9.17, 15) is 4.79 Å². The van der Waals surface area contributed by atoms with Gasteiger partial charge in [-0.25, -0.2) is 0 Å². The summed E-state index contributed by atoms with van der Waals surface area (Å²) in [5, 5.41) is 11.8. The number of carbonyl (C=O) groups is 1. The Morgan fingerprint density at radius 2 is 1.69 bits per heavy atom. The number of rotatable bonds is 3. The summed E-state index contributed by atoms with van der Waals surface area (Å²) in [4.78, 5) is 11.6. The Hall–Kier alpha value is -1.35. The third-order valence-corrected chi connectivity index (χ3v) is 2.34. The molecule has 0 fully saturated rings. The average Bonchev–Trinajstić information content (AvgIpc) is 2.25. The smallest absolute Gasteiger partial charge is 0.225 e. The molecule has 0 atom stereocenters. The highest BCUT2D eigenvalue weighted by Crippen LogP contribution is 2.13. The second-order valence-corrected chi connectivity index (χ2v) is 4.91. The quantitative estimate of drug-likeness (QED) is 0.818. The van der Waals surface area contributed by atoms with E-state index in [0.717, 1.165) is 11.1 Å². The van der Waals surface area contributed by atoms with Gasteiger partial charge in [0, 0.05) is 12.0 Å². The minimum absolute atomic E-state index is 0.0405. The topological polar surface area (TPSA) is 49.3 Å². The Balaban J connectivity index is 2.52. The predicted octanol–water partition coefficient (Wildman–Crippen LogP) is 1.84. The van der Waals surface area contributed by atoms with Crippen molar-refractivity contribution >= 4 is 5.91 Å². The molecule has 0 bridgehead atoms. The lowest BCUT2D eigenvalue weighted by Gasteiger charge is -2.17. The van der Waals surface area contributed by atoms with Gasteiger partial charge < -0.3 is 10.4 Å². The predicted molar refractivity (Wildman–Crippen MR) is 63.7 cm³/mol. The van der Waals surface area contributed by atoms with Gasteiger partial charge in [0.2, 0.25) is 5.91 Å². The molecule has 1 rings (SSSR count). The summed E-state index contributed by atoms with van der Waals surface area (Å²) in [6, 6.07) is 7.54. The van der Waals surface area contributed by atoms with Crippen LogP contribution in [0.15, 0.2) is 24.3 Å². The van der Waals surface area contributed by atoms with Gasteiger partial charge in [-0.15, -0.1) is 0 Å². The Labute approximate surface area is 96.5 Å². The molecule has 0 unspecified atom stereocenters. The molecule has 0 aliphatic rings. The molecule has 0 saturated heterocycles. The van der Waals surface area contributed by atoms with Crippen molar-refractivity contribution in [2.24, 2.45) is 5.41 Å². The summed E-state index contributed by atoms with van der Waals surface area (Å²) >= 11 is 0. The summed E-state index contributed by atoms with van der Waals surface area (Å²) in [5.74, 6) is 0.0405. The number of aliphatic hydroxyl groups excluding tert-OH is 1. The van der Waals surface area contributed by atoms with Crippen LogP contribution in [-0.2, 0) is 17.9 Å². The normalized spacial score (nSPS) is 11.2. The first-order valence-corrected chi connectivity index (χ1v) is 5.40. The lowest BCUT2D eigenvalue weighted by molar-refractivity contribution is -0.128. The Bertz CT molecular complexity index is 349. The maximum atomic E-state index is 11.6. The van der Waals surface area contributed by atoms with E-state index in [1.807, 2.05) is 45.0 Å². The van der Waals surface area contributed by atoms with Crippen LogP contribution in [0.5, 0.6) is 0 Å². The van der Waals surface area contributed by atoms with E-state index in [4.69, 9.17) is 5.11 Å². The average molecular weight is 221 g/mol. The third-order valence-electron chi connectivity index (χ3n) is 2.34. The molecule has 16 heavy (non-hydrogen) atoms. The zero-order chi connectivity index (χ0) is 12.2. The minimum atomic E-state index is -0.356. The van der Waals surface area contributed by atoms with Crippen LogP contribution in [0.3, 0.4) is 0 Å². The molecule has 1 aromatic rings. The molecule has 0 heterocycles. The van der Waals surface area contributed by atoms with Crippen molar-refractivity contribution in [2.75, 3.05) is 0 Å². The largest absolute Gasteiger partial charge is 0.392 e. The van der Waals surface area contributed by atoms with Crippen LogP contribution in [0.2, 0.25) is 0 Å². The van der Waals surface area contributed by atoms with Crippen molar-refractivity contribution in [3.8, 4) is 0 Å². The number of carbonyl (C=O) groups excluding carboxylic acids is 1. The molecule has 0 spiro atoms. The summed E-state index contributed by atoms with van der Waals surface area (Å²) in [5.41, 5.74) is 1.56. The molecule has 2 N–H and O–H groups in total. The van der Waals surface area contributed by atoms with Gasteiger partial charge >= 0.3 is 0 Å². The van der Waals surface area contributed by atoms with Crippen molar-refractivity contribution in [3.63, 3.8) is 0 Å². The molecule has 0 saturated carbocycles. The zero-order valence-corrected chi connectivity index (χ0v) is 10.1. The van der Waals surface area contributed by atoms with Crippen molar-refractivity contribution in [1.82, 2.24) is 5.32 Å². The third kappa shape index (κ3) is 3.66. The Morgan fingerprint density at radius 3 is 2.12 bits per heavy atom. The van der Waals surface area contributed by atoms with E-state index in [0.29, 0.717) is 6.54 Å². The number of aliphatic hydroxyl groups is 1. The van der Waals surface area contributed by atoms with Gasteiger partial charge in [0.25, 0.3) is 0 Å². The SMILES string of the molecule is CC(C)(C)C(=O)NCc1ccc(CO)cc1. The molecule has 3 nitrogen and oxygen atoms in total. The van der Waals surface area contributed by atoms with Gasteiger partial charge in [0.1, 0.15) is 0 Å². The highest BCUT2D eigenvalue weighted by molar-refractivity contribution is 5.81. The molecule has 1 aromatic carbocycles. The van der Waals surface area contributed by atoms with Crippen molar-refractivity contribution in [3.05, 3.63) is 35.4 Å². The van der Waals surface area contributed by atoms with Crippen molar-refractivity contribution < 1.29 is 9.90 Å². The summed E-state index contributed by atoms with van der Waals surface area (Å²) in [6.45, 7) is 6.24. The molecule has 0 aliphatic carbocycles. The monoisotopic (exact) mass is 221 g/mol. The Kier molecular flexibility index (Phi) is 4.07. The van der Waals surface area contributed by atoms with Gasteiger partial charge in [-0.1, -0.05) is 45.0 Å². The fourth-order valence-corrected chi connectivity index (χ4v) is 1.21. The first-order valence-electron chi connectivity index (χ1n) is 5.40. The molecule has 88 valence electrons. The van der Waals surface area contributed by atoms with E-state index in [-0.39, 0.29) is 17.9 Å². The highest BCUT2D eigenvalue weighted by Gasteiger charge is 2.20. The fourth-order valence-electron chi connectivity index (χ4n) is 1.21. The molecule has 0 radical (unpaired) electrons. The van der Waals surface area contributed by atoms with Crippen molar-refractivity contribution in [1.29, 1.82) is 0 Å². The lowest BCUT2D eigenvalue weighted by Crippen LogP contribution is -2.34. The number of amides is 1. The number of nitrogens with one attached hydrogen (secondary N) is 1. The first-order chi connectivity index (χ1) is 7.43. The van der Waals surface area contributed by atoms with Crippen LogP contribution in [0, 0.1) is 5.41 Å². The van der Waals surface area contributed by atoms with E-state index in [1.165, 1.54) is 0 Å². The van der Waals surface area contributed by atoms with Gasteiger partial charge in [0.15, 0.2) is 0 Å². The number of benzene rings is 1. The van der Waals surface area contributed by atoms with Gasteiger partial charge in [0.05, 0.1) is 6.61 Å². The highest BCUT2D eigenvalue weighted by atomic mass is 16.3. The summed E-state index contributed by atoms with van der Waals surface area (Å²) in [7, 11) is 0. The molecular formula is C13H19NO2. The van der Waals surface area contributed by atoms with Gasteiger partial charge in [-0.05, 0) is 11.1 Å². The van der Waals surface area contributed by atoms with Crippen LogP contribution in [0.25, 0.3) is 0 Å².